The number of hydrogen-bond acceptors (Lipinski definition) is 1. The number of benzene rings is 2. The third kappa shape index (κ3) is 1.46. The zero-order valence-corrected chi connectivity index (χ0v) is 9.65. The van der Waals surface area contributed by atoms with E-state index in [0.29, 0.717) is 6.10 Å². The third-order valence-electron chi connectivity index (χ3n) is 3.63. The fourth-order valence-corrected chi connectivity index (χ4v) is 2.60. The van der Waals surface area contributed by atoms with Crippen molar-refractivity contribution in [2.75, 3.05) is 0 Å². The molecule has 0 heterocycles. The van der Waals surface area contributed by atoms with Crippen LogP contribution in [0.3, 0.4) is 0 Å². The van der Waals surface area contributed by atoms with Gasteiger partial charge in [-0.25, -0.2) is 0 Å². The lowest BCUT2D eigenvalue weighted by Gasteiger charge is -2.09. The molecule has 2 aliphatic carbocycles. The first-order valence-electron chi connectivity index (χ1n) is 6.28. The van der Waals surface area contributed by atoms with E-state index in [4.69, 9.17) is 4.74 Å². The van der Waals surface area contributed by atoms with Gasteiger partial charge in [0.15, 0.2) is 0 Å². The molecule has 17 heavy (non-hydrogen) atoms. The zero-order valence-electron chi connectivity index (χ0n) is 9.65. The topological polar surface area (TPSA) is 9.23 Å². The summed E-state index contributed by atoms with van der Waals surface area (Å²) in [5, 5.41) is 0. The third-order valence-corrected chi connectivity index (χ3v) is 3.63. The van der Waals surface area contributed by atoms with Crippen LogP contribution in [0.4, 0.5) is 0 Å². The van der Waals surface area contributed by atoms with Crippen molar-refractivity contribution >= 4 is 0 Å². The summed E-state index contributed by atoms with van der Waals surface area (Å²) in [6, 6.07) is 15.1. The summed E-state index contributed by atoms with van der Waals surface area (Å²) in [4.78, 5) is 0. The van der Waals surface area contributed by atoms with Crippen molar-refractivity contribution in [3.8, 4) is 16.9 Å². The predicted octanol–water partition coefficient (Wildman–Crippen LogP) is 3.80. The molecule has 2 aromatic rings. The van der Waals surface area contributed by atoms with E-state index in [0.717, 1.165) is 12.2 Å². The molecule has 0 amide bonds. The second-order valence-corrected chi connectivity index (χ2v) is 4.93. The molecule has 0 radical (unpaired) electrons. The van der Waals surface area contributed by atoms with Gasteiger partial charge in [0.2, 0.25) is 0 Å². The molecular weight excluding hydrogens is 208 g/mol. The predicted molar refractivity (Wildman–Crippen MR) is 68.3 cm³/mol. The molecular formula is C16H14O. The Balaban J connectivity index is 1.83. The van der Waals surface area contributed by atoms with Crippen LogP contribution in [0, 0.1) is 0 Å². The fraction of sp³-hybridized carbons (Fsp3) is 0.250. The summed E-state index contributed by atoms with van der Waals surface area (Å²) < 4.78 is 6.00. The van der Waals surface area contributed by atoms with Crippen LogP contribution >= 0.6 is 0 Å². The zero-order chi connectivity index (χ0) is 11.2. The van der Waals surface area contributed by atoms with Gasteiger partial charge in [-0.1, -0.05) is 36.4 Å². The second-order valence-electron chi connectivity index (χ2n) is 4.93. The first-order valence-corrected chi connectivity index (χ1v) is 6.28. The number of rotatable bonds is 2. The number of hydrogen-bond donors (Lipinski definition) is 0. The van der Waals surface area contributed by atoms with E-state index in [-0.39, 0.29) is 0 Å². The van der Waals surface area contributed by atoms with E-state index < -0.39 is 0 Å². The number of fused-ring (bicyclic) bond motifs is 3. The average Bonchev–Trinajstić information content (AvgIpc) is 3.08. The van der Waals surface area contributed by atoms with Gasteiger partial charge in [0.05, 0.1) is 6.10 Å². The smallest absolute Gasteiger partial charge is 0.123 e. The van der Waals surface area contributed by atoms with Crippen molar-refractivity contribution in [2.45, 2.75) is 25.4 Å². The molecule has 0 bridgehead atoms. The average molecular weight is 222 g/mol. The summed E-state index contributed by atoms with van der Waals surface area (Å²) in [5.74, 6) is 1.10. The Morgan fingerprint density at radius 3 is 2.59 bits per heavy atom. The lowest BCUT2D eigenvalue weighted by Crippen LogP contribution is -1.98. The lowest BCUT2D eigenvalue weighted by atomic mass is 10.1. The molecule has 0 unspecified atom stereocenters. The highest BCUT2D eigenvalue weighted by molar-refractivity contribution is 5.78. The largest absolute Gasteiger partial charge is 0.490 e. The highest BCUT2D eigenvalue weighted by Crippen LogP contribution is 2.42. The summed E-state index contributed by atoms with van der Waals surface area (Å²) >= 11 is 0. The van der Waals surface area contributed by atoms with Crippen molar-refractivity contribution in [3.05, 3.63) is 53.6 Å². The maximum Gasteiger partial charge on any atom is 0.123 e. The highest BCUT2D eigenvalue weighted by Gasteiger charge is 2.27. The van der Waals surface area contributed by atoms with E-state index in [1.54, 1.807) is 0 Å². The Hall–Kier alpha value is -1.76. The quantitative estimate of drug-likeness (QED) is 0.641. The van der Waals surface area contributed by atoms with Gasteiger partial charge in [0.25, 0.3) is 0 Å². The second kappa shape index (κ2) is 3.36. The molecule has 2 aromatic carbocycles. The highest BCUT2D eigenvalue weighted by atomic mass is 16.5. The molecule has 84 valence electrons. The molecule has 0 saturated heterocycles. The van der Waals surface area contributed by atoms with Crippen molar-refractivity contribution in [1.29, 1.82) is 0 Å². The van der Waals surface area contributed by atoms with Crippen LogP contribution in [0.15, 0.2) is 42.5 Å². The first kappa shape index (κ1) is 9.29. The Labute approximate surface area is 101 Å². The molecule has 0 atom stereocenters. The molecule has 0 spiro atoms. The lowest BCUT2D eigenvalue weighted by molar-refractivity contribution is 0.301. The van der Waals surface area contributed by atoms with Crippen LogP contribution in [-0.4, -0.2) is 6.10 Å². The van der Waals surface area contributed by atoms with Crippen molar-refractivity contribution in [3.63, 3.8) is 0 Å². The standard InChI is InChI=1S/C16H14O/c1-2-5-13-11(4-1)10-15-14(13)6-3-7-16(15)17-12-8-9-12/h1-7,12H,8-10H2. The minimum Gasteiger partial charge on any atom is -0.490 e. The molecule has 0 N–H and O–H groups in total. The summed E-state index contributed by atoms with van der Waals surface area (Å²) in [7, 11) is 0. The molecule has 1 fully saturated rings. The molecule has 1 nitrogen and oxygen atoms in total. The minimum absolute atomic E-state index is 0.477. The van der Waals surface area contributed by atoms with Crippen LogP contribution in [-0.2, 0) is 6.42 Å². The Morgan fingerprint density at radius 1 is 0.882 bits per heavy atom. The van der Waals surface area contributed by atoms with Crippen LogP contribution in [0.2, 0.25) is 0 Å². The van der Waals surface area contributed by atoms with Gasteiger partial charge in [-0.15, -0.1) is 0 Å². The van der Waals surface area contributed by atoms with Crippen LogP contribution in [0.5, 0.6) is 5.75 Å². The first-order chi connectivity index (χ1) is 8.42. The van der Waals surface area contributed by atoms with E-state index in [1.165, 1.54) is 35.1 Å². The summed E-state index contributed by atoms with van der Waals surface area (Å²) in [6.45, 7) is 0. The van der Waals surface area contributed by atoms with Gasteiger partial charge in [0, 0.05) is 12.0 Å². The SMILES string of the molecule is c1ccc2c(c1)Cc1c(OC3CC3)cccc1-2. The molecule has 2 aliphatic rings. The van der Waals surface area contributed by atoms with Gasteiger partial charge in [-0.2, -0.15) is 0 Å². The van der Waals surface area contributed by atoms with Crippen LogP contribution in [0.25, 0.3) is 11.1 Å². The summed E-state index contributed by atoms with van der Waals surface area (Å²) in [6.07, 6.45) is 3.94. The molecule has 0 aromatic heterocycles. The fourth-order valence-electron chi connectivity index (χ4n) is 2.60. The maximum atomic E-state index is 6.00. The maximum absolute atomic E-state index is 6.00. The van der Waals surface area contributed by atoms with Crippen LogP contribution in [0.1, 0.15) is 24.0 Å². The van der Waals surface area contributed by atoms with Gasteiger partial charge in [0.1, 0.15) is 5.75 Å². The van der Waals surface area contributed by atoms with E-state index >= 15 is 0 Å². The molecule has 0 aliphatic heterocycles. The normalized spacial score (nSPS) is 16.5. The van der Waals surface area contributed by atoms with E-state index in [1.807, 2.05) is 0 Å². The Bertz CT molecular complexity index is 582. The van der Waals surface area contributed by atoms with Gasteiger partial charge in [-0.3, -0.25) is 0 Å². The van der Waals surface area contributed by atoms with Gasteiger partial charge in [-0.05, 0) is 35.6 Å². The van der Waals surface area contributed by atoms with Gasteiger partial charge < -0.3 is 4.74 Å². The number of ether oxygens (including phenoxy) is 1. The molecule has 1 saturated carbocycles. The van der Waals surface area contributed by atoms with E-state index in [2.05, 4.69) is 42.5 Å². The van der Waals surface area contributed by atoms with Crippen molar-refractivity contribution in [2.24, 2.45) is 0 Å². The molecule has 4 rings (SSSR count). The van der Waals surface area contributed by atoms with Crippen molar-refractivity contribution < 1.29 is 4.74 Å². The molecule has 1 heteroatoms. The van der Waals surface area contributed by atoms with Gasteiger partial charge >= 0.3 is 0 Å². The van der Waals surface area contributed by atoms with E-state index in [9.17, 15) is 0 Å². The Morgan fingerprint density at radius 2 is 1.71 bits per heavy atom. The van der Waals surface area contributed by atoms with Crippen molar-refractivity contribution in [1.82, 2.24) is 0 Å². The Kier molecular flexibility index (Phi) is 1.84. The minimum atomic E-state index is 0.477. The summed E-state index contributed by atoms with van der Waals surface area (Å²) in [5.41, 5.74) is 5.54. The monoisotopic (exact) mass is 222 g/mol. The van der Waals surface area contributed by atoms with Crippen LogP contribution < -0.4 is 4.74 Å².